The van der Waals surface area contributed by atoms with E-state index in [2.05, 4.69) is 24.4 Å². The lowest BCUT2D eigenvalue weighted by atomic mass is 10.2. The van der Waals surface area contributed by atoms with Crippen LogP contribution in [0.1, 0.15) is 18.4 Å². The Balaban J connectivity index is 1.95. The molecule has 0 radical (unpaired) electrons. The van der Waals surface area contributed by atoms with Crippen molar-refractivity contribution in [2.45, 2.75) is 19.8 Å². The minimum atomic E-state index is 0.762. The first-order valence-electron chi connectivity index (χ1n) is 6.25. The van der Waals surface area contributed by atoms with E-state index in [0.717, 1.165) is 45.0 Å². The zero-order valence-electron chi connectivity index (χ0n) is 10.9. The van der Waals surface area contributed by atoms with E-state index in [1.165, 1.54) is 5.56 Å². The highest BCUT2D eigenvalue weighted by atomic mass is 16.5. The molecule has 0 amide bonds. The Hall–Kier alpha value is -1.06. The van der Waals surface area contributed by atoms with Crippen LogP contribution in [-0.2, 0) is 4.74 Å². The van der Waals surface area contributed by atoms with Gasteiger partial charge in [-0.25, -0.2) is 0 Å². The van der Waals surface area contributed by atoms with Crippen molar-refractivity contribution in [2.24, 2.45) is 0 Å². The largest absolute Gasteiger partial charge is 0.494 e. The summed E-state index contributed by atoms with van der Waals surface area (Å²) in [6, 6.07) is 8.16. The SMILES string of the molecule is CNCCOCCCCOc1ccc(C)cc1. The molecule has 0 aliphatic heterocycles. The Morgan fingerprint density at radius 3 is 2.41 bits per heavy atom. The van der Waals surface area contributed by atoms with Crippen molar-refractivity contribution in [3.05, 3.63) is 29.8 Å². The predicted molar refractivity (Wildman–Crippen MR) is 70.7 cm³/mol. The van der Waals surface area contributed by atoms with Gasteiger partial charge in [0.15, 0.2) is 0 Å². The number of hydrogen-bond acceptors (Lipinski definition) is 3. The molecule has 1 aromatic carbocycles. The molecule has 0 saturated heterocycles. The second kappa shape index (κ2) is 9.02. The van der Waals surface area contributed by atoms with Gasteiger partial charge >= 0.3 is 0 Å². The third-order valence-corrected chi connectivity index (χ3v) is 2.47. The molecule has 0 heterocycles. The lowest BCUT2D eigenvalue weighted by Crippen LogP contribution is -2.14. The Kier molecular flexibility index (Phi) is 7.43. The number of aryl methyl sites for hydroxylation is 1. The van der Waals surface area contributed by atoms with Crippen molar-refractivity contribution in [1.82, 2.24) is 5.32 Å². The summed E-state index contributed by atoms with van der Waals surface area (Å²) in [5.41, 5.74) is 1.26. The third kappa shape index (κ3) is 6.97. The molecule has 0 fully saturated rings. The highest BCUT2D eigenvalue weighted by Crippen LogP contribution is 2.11. The summed E-state index contributed by atoms with van der Waals surface area (Å²) in [4.78, 5) is 0. The Labute approximate surface area is 104 Å². The second-order valence-corrected chi connectivity index (χ2v) is 4.08. The fourth-order valence-electron chi connectivity index (χ4n) is 1.41. The van der Waals surface area contributed by atoms with Gasteiger partial charge in [-0.2, -0.15) is 0 Å². The number of benzene rings is 1. The van der Waals surface area contributed by atoms with Gasteiger partial charge in [-0.15, -0.1) is 0 Å². The topological polar surface area (TPSA) is 30.5 Å². The van der Waals surface area contributed by atoms with E-state index in [1.54, 1.807) is 0 Å². The minimum absolute atomic E-state index is 0.762. The summed E-state index contributed by atoms with van der Waals surface area (Å²) >= 11 is 0. The molecule has 0 spiro atoms. The Morgan fingerprint density at radius 2 is 1.71 bits per heavy atom. The van der Waals surface area contributed by atoms with E-state index >= 15 is 0 Å². The maximum atomic E-state index is 5.62. The summed E-state index contributed by atoms with van der Waals surface area (Å²) in [6.07, 6.45) is 2.09. The molecular formula is C14H23NO2. The van der Waals surface area contributed by atoms with Crippen LogP contribution in [0.5, 0.6) is 5.75 Å². The number of hydrogen-bond donors (Lipinski definition) is 1. The smallest absolute Gasteiger partial charge is 0.119 e. The van der Waals surface area contributed by atoms with Gasteiger partial charge in [0.2, 0.25) is 0 Å². The van der Waals surface area contributed by atoms with Gasteiger partial charge in [0, 0.05) is 13.2 Å². The summed E-state index contributed by atoms with van der Waals surface area (Å²) in [5.74, 6) is 0.951. The molecule has 17 heavy (non-hydrogen) atoms. The van der Waals surface area contributed by atoms with Gasteiger partial charge in [0.05, 0.1) is 13.2 Å². The Bertz CT molecular complexity index is 285. The van der Waals surface area contributed by atoms with Crippen LogP contribution in [0, 0.1) is 6.92 Å². The quantitative estimate of drug-likeness (QED) is 0.669. The molecule has 0 aromatic heterocycles. The second-order valence-electron chi connectivity index (χ2n) is 4.08. The van der Waals surface area contributed by atoms with Crippen molar-refractivity contribution in [3.63, 3.8) is 0 Å². The van der Waals surface area contributed by atoms with E-state index in [0.29, 0.717) is 0 Å². The van der Waals surface area contributed by atoms with Gasteiger partial charge in [-0.1, -0.05) is 17.7 Å². The monoisotopic (exact) mass is 237 g/mol. The fraction of sp³-hybridized carbons (Fsp3) is 0.571. The van der Waals surface area contributed by atoms with E-state index in [1.807, 2.05) is 19.2 Å². The van der Waals surface area contributed by atoms with Crippen LogP contribution >= 0.6 is 0 Å². The van der Waals surface area contributed by atoms with Crippen molar-refractivity contribution in [3.8, 4) is 5.75 Å². The number of unbranched alkanes of at least 4 members (excludes halogenated alkanes) is 1. The summed E-state index contributed by atoms with van der Waals surface area (Å²) in [6.45, 7) is 5.36. The Morgan fingerprint density at radius 1 is 1.00 bits per heavy atom. The molecule has 3 nitrogen and oxygen atoms in total. The predicted octanol–water partition coefficient (Wildman–Crippen LogP) is 2.39. The van der Waals surface area contributed by atoms with E-state index in [9.17, 15) is 0 Å². The van der Waals surface area contributed by atoms with Crippen LogP contribution in [0.15, 0.2) is 24.3 Å². The first-order valence-corrected chi connectivity index (χ1v) is 6.25. The van der Waals surface area contributed by atoms with Gasteiger partial charge in [-0.3, -0.25) is 0 Å². The molecule has 0 atom stereocenters. The number of nitrogens with one attached hydrogen (secondary N) is 1. The van der Waals surface area contributed by atoms with Crippen molar-refractivity contribution >= 4 is 0 Å². The highest BCUT2D eigenvalue weighted by molar-refractivity contribution is 5.26. The molecule has 1 N–H and O–H groups in total. The number of likely N-dealkylation sites (N-methyl/N-ethyl adjacent to an activating group) is 1. The maximum Gasteiger partial charge on any atom is 0.119 e. The first kappa shape index (κ1) is 14.0. The average molecular weight is 237 g/mol. The zero-order chi connectivity index (χ0) is 12.3. The van der Waals surface area contributed by atoms with Gasteiger partial charge in [0.25, 0.3) is 0 Å². The molecule has 0 aliphatic rings. The first-order chi connectivity index (χ1) is 8.33. The molecule has 3 heteroatoms. The molecule has 1 aromatic rings. The normalized spacial score (nSPS) is 10.5. The van der Waals surface area contributed by atoms with Crippen LogP contribution in [-0.4, -0.2) is 33.4 Å². The van der Waals surface area contributed by atoms with E-state index in [-0.39, 0.29) is 0 Å². The summed E-state index contributed by atoms with van der Waals surface area (Å²) in [7, 11) is 1.93. The molecule has 0 bridgehead atoms. The maximum absolute atomic E-state index is 5.62. The van der Waals surface area contributed by atoms with E-state index < -0.39 is 0 Å². The minimum Gasteiger partial charge on any atom is -0.494 e. The lowest BCUT2D eigenvalue weighted by Gasteiger charge is -2.07. The van der Waals surface area contributed by atoms with Gasteiger partial charge < -0.3 is 14.8 Å². The van der Waals surface area contributed by atoms with Crippen LogP contribution in [0.4, 0.5) is 0 Å². The van der Waals surface area contributed by atoms with Gasteiger partial charge in [0.1, 0.15) is 5.75 Å². The molecule has 0 unspecified atom stereocenters. The van der Waals surface area contributed by atoms with Crippen molar-refractivity contribution in [2.75, 3.05) is 33.4 Å². The van der Waals surface area contributed by atoms with E-state index in [4.69, 9.17) is 9.47 Å². The highest BCUT2D eigenvalue weighted by Gasteiger charge is 1.94. The van der Waals surface area contributed by atoms with Crippen molar-refractivity contribution in [1.29, 1.82) is 0 Å². The average Bonchev–Trinajstić information content (AvgIpc) is 2.35. The fourth-order valence-corrected chi connectivity index (χ4v) is 1.41. The number of ether oxygens (including phenoxy) is 2. The lowest BCUT2D eigenvalue weighted by molar-refractivity contribution is 0.129. The number of rotatable bonds is 9. The summed E-state index contributed by atoms with van der Waals surface area (Å²) < 4.78 is 11.0. The molecule has 0 aliphatic carbocycles. The third-order valence-electron chi connectivity index (χ3n) is 2.47. The molecule has 0 saturated carbocycles. The van der Waals surface area contributed by atoms with Crippen LogP contribution in [0.3, 0.4) is 0 Å². The molecule has 1 rings (SSSR count). The van der Waals surface area contributed by atoms with Crippen LogP contribution < -0.4 is 10.1 Å². The molecular weight excluding hydrogens is 214 g/mol. The van der Waals surface area contributed by atoms with Crippen LogP contribution in [0.25, 0.3) is 0 Å². The van der Waals surface area contributed by atoms with Gasteiger partial charge in [-0.05, 0) is 38.9 Å². The molecule has 96 valence electrons. The standard InChI is InChI=1S/C14H23NO2/c1-13-5-7-14(8-6-13)17-11-4-3-10-16-12-9-15-2/h5-8,15H,3-4,9-12H2,1-2H3. The van der Waals surface area contributed by atoms with Crippen LogP contribution in [0.2, 0.25) is 0 Å². The zero-order valence-corrected chi connectivity index (χ0v) is 10.9. The van der Waals surface area contributed by atoms with Crippen molar-refractivity contribution < 1.29 is 9.47 Å². The summed E-state index contributed by atoms with van der Waals surface area (Å²) in [5, 5.41) is 3.05.